The summed E-state index contributed by atoms with van der Waals surface area (Å²) < 4.78 is 2.26. The molecule has 0 spiro atoms. The largest absolute Gasteiger partial charge is 0.335 e. The lowest BCUT2D eigenvalue weighted by molar-refractivity contribution is 0.528. The predicted molar refractivity (Wildman–Crippen MR) is 86.8 cm³/mol. The minimum atomic E-state index is 0.690. The number of rotatable bonds is 13. The average Bonchev–Trinajstić information content (AvgIpc) is 2.89. The van der Waals surface area contributed by atoms with Crippen LogP contribution in [0, 0.1) is 0 Å². The van der Waals surface area contributed by atoms with Crippen molar-refractivity contribution in [2.24, 2.45) is 5.73 Å². The van der Waals surface area contributed by atoms with Gasteiger partial charge in [0.25, 0.3) is 0 Å². The van der Waals surface area contributed by atoms with Crippen LogP contribution in [0.25, 0.3) is 0 Å². The molecule has 0 unspecified atom stereocenters. The van der Waals surface area contributed by atoms with Crippen molar-refractivity contribution in [3.8, 4) is 0 Å². The quantitative estimate of drug-likeness (QED) is 0.547. The fourth-order valence-corrected chi connectivity index (χ4v) is 2.67. The van der Waals surface area contributed by atoms with Crippen LogP contribution in [0.1, 0.15) is 77.0 Å². The van der Waals surface area contributed by atoms with Crippen LogP contribution in [0.3, 0.4) is 0 Å². The Bertz CT molecular complexity index is 320. The van der Waals surface area contributed by atoms with Crippen molar-refractivity contribution in [2.45, 2.75) is 84.1 Å². The number of unbranched alkanes of at least 4 members (excludes halogenated alkanes) is 9. The average molecular weight is 279 g/mol. The SMILES string of the molecule is CCCCCCCCCCCCn1ccnc1CCN. The minimum absolute atomic E-state index is 0.690. The normalized spacial score (nSPS) is 11.1. The Labute approximate surface area is 125 Å². The van der Waals surface area contributed by atoms with Gasteiger partial charge in [0.15, 0.2) is 0 Å². The van der Waals surface area contributed by atoms with Gasteiger partial charge in [-0.3, -0.25) is 0 Å². The molecule has 0 fully saturated rings. The summed E-state index contributed by atoms with van der Waals surface area (Å²) in [4.78, 5) is 4.35. The van der Waals surface area contributed by atoms with Gasteiger partial charge in [-0.1, -0.05) is 64.7 Å². The van der Waals surface area contributed by atoms with E-state index >= 15 is 0 Å². The molecule has 0 bridgehead atoms. The van der Waals surface area contributed by atoms with Crippen LogP contribution in [0.4, 0.5) is 0 Å². The molecule has 3 nitrogen and oxygen atoms in total. The van der Waals surface area contributed by atoms with E-state index < -0.39 is 0 Å². The van der Waals surface area contributed by atoms with Gasteiger partial charge in [-0.05, 0) is 13.0 Å². The first-order valence-electron chi connectivity index (χ1n) is 8.58. The third kappa shape index (κ3) is 7.68. The summed E-state index contributed by atoms with van der Waals surface area (Å²) in [5.41, 5.74) is 5.59. The van der Waals surface area contributed by atoms with E-state index in [1.54, 1.807) is 0 Å². The van der Waals surface area contributed by atoms with Crippen molar-refractivity contribution in [3.63, 3.8) is 0 Å². The van der Waals surface area contributed by atoms with Gasteiger partial charge in [-0.2, -0.15) is 0 Å². The summed E-state index contributed by atoms with van der Waals surface area (Å²) >= 11 is 0. The van der Waals surface area contributed by atoms with Gasteiger partial charge in [0.1, 0.15) is 5.82 Å². The summed E-state index contributed by atoms with van der Waals surface area (Å²) in [5, 5.41) is 0. The second-order valence-electron chi connectivity index (χ2n) is 5.76. The van der Waals surface area contributed by atoms with Gasteiger partial charge < -0.3 is 10.3 Å². The zero-order valence-corrected chi connectivity index (χ0v) is 13.3. The molecule has 0 aromatic carbocycles. The molecule has 0 aliphatic carbocycles. The Morgan fingerprint density at radius 3 is 2.15 bits per heavy atom. The van der Waals surface area contributed by atoms with Gasteiger partial charge in [-0.15, -0.1) is 0 Å². The maximum absolute atomic E-state index is 5.59. The van der Waals surface area contributed by atoms with Crippen molar-refractivity contribution < 1.29 is 0 Å². The molecule has 0 aliphatic rings. The molecule has 3 heteroatoms. The smallest absolute Gasteiger partial charge is 0.109 e. The molecule has 0 aliphatic heterocycles. The fraction of sp³-hybridized carbons (Fsp3) is 0.824. The second-order valence-corrected chi connectivity index (χ2v) is 5.76. The van der Waals surface area contributed by atoms with E-state index in [2.05, 4.69) is 22.7 Å². The summed E-state index contributed by atoms with van der Waals surface area (Å²) in [7, 11) is 0. The van der Waals surface area contributed by atoms with Crippen molar-refractivity contribution in [1.82, 2.24) is 9.55 Å². The van der Waals surface area contributed by atoms with Crippen LogP contribution in [0.2, 0.25) is 0 Å². The molecule has 1 aromatic rings. The number of hydrogen-bond acceptors (Lipinski definition) is 2. The molecule has 1 heterocycles. The summed E-state index contributed by atoms with van der Waals surface area (Å²) in [6.07, 6.45) is 18.8. The van der Waals surface area contributed by atoms with Crippen molar-refractivity contribution in [2.75, 3.05) is 6.54 Å². The zero-order valence-electron chi connectivity index (χ0n) is 13.3. The van der Waals surface area contributed by atoms with Crippen LogP contribution < -0.4 is 5.73 Å². The van der Waals surface area contributed by atoms with E-state index in [1.165, 1.54) is 64.2 Å². The van der Waals surface area contributed by atoms with E-state index in [9.17, 15) is 0 Å². The second kappa shape index (κ2) is 12.0. The first kappa shape index (κ1) is 17.2. The maximum Gasteiger partial charge on any atom is 0.109 e. The number of hydrogen-bond donors (Lipinski definition) is 1. The van der Waals surface area contributed by atoms with Gasteiger partial charge in [0.2, 0.25) is 0 Å². The van der Waals surface area contributed by atoms with Gasteiger partial charge in [0, 0.05) is 25.4 Å². The molecule has 1 rings (SSSR count). The van der Waals surface area contributed by atoms with Crippen LogP contribution in [-0.4, -0.2) is 16.1 Å². The Hall–Kier alpha value is -0.830. The molecule has 1 aromatic heterocycles. The van der Waals surface area contributed by atoms with Gasteiger partial charge in [-0.25, -0.2) is 4.98 Å². The molecule has 2 N–H and O–H groups in total. The zero-order chi connectivity index (χ0) is 14.5. The van der Waals surface area contributed by atoms with Gasteiger partial charge in [0.05, 0.1) is 0 Å². The van der Waals surface area contributed by atoms with Crippen LogP contribution in [0.5, 0.6) is 0 Å². The topological polar surface area (TPSA) is 43.8 Å². The van der Waals surface area contributed by atoms with Crippen molar-refractivity contribution in [3.05, 3.63) is 18.2 Å². The molecule has 0 amide bonds. The number of aryl methyl sites for hydroxylation is 1. The standard InChI is InChI=1S/C17H33N3/c1-2-3-4-5-6-7-8-9-10-11-15-20-16-14-19-17(20)12-13-18/h14,16H,2-13,15,18H2,1H3. The summed E-state index contributed by atoms with van der Waals surface area (Å²) in [6, 6.07) is 0. The third-order valence-electron chi connectivity index (χ3n) is 3.92. The van der Waals surface area contributed by atoms with Crippen LogP contribution in [0.15, 0.2) is 12.4 Å². The monoisotopic (exact) mass is 279 g/mol. The lowest BCUT2D eigenvalue weighted by Crippen LogP contribution is -2.09. The van der Waals surface area contributed by atoms with Crippen LogP contribution >= 0.6 is 0 Å². The number of nitrogens with zero attached hydrogens (tertiary/aromatic N) is 2. The van der Waals surface area contributed by atoms with Crippen LogP contribution in [-0.2, 0) is 13.0 Å². The number of imidazole rings is 1. The minimum Gasteiger partial charge on any atom is -0.335 e. The summed E-state index contributed by atoms with van der Waals surface area (Å²) in [5.74, 6) is 1.14. The number of nitrogens with two attached hydrogens (primary N) is 1. The molecule has 0 saturated carbocycles. The molecule has 116 valence electrons. The molecular weight excluding hydrogens is 246 g/mol. The maximum atomic E-state index is 5.59. The Balaban J connectivity index is 1.93. The molecule has 0 atom stereocenters. The van der Waals surface area contributed by atoms with E-state index in [0.29, 0.717) is 6.54 Å². The first-order chi connectivity index (χ1) is 9.88. The lowest BCUT2D eigenvalue weighted by Gasteiger charge is -2.07. The molecule has 0 saturated heterocycles. The fourth-order valence-electron chi connectivity index (χ4n) is 2.67. The Morgan fingerprint density at radius 1 is 0.950 bits per heavy atom. The Morgan fingerprint density at radius 2 is 1.55 bits per heavy atom. The van der Waals surface area contributed by atoms with Crippen molar-refractivity contribution in [1.29, 1.82) is 0 Å². The Kier molecular flexibility index (Phi) is 10.3. The van der Waals surface area contributed by atoms with Gasteiger partial charge >= 0.3 is 0 Å². The third-order valence-corrected chi connectivity index (χ3v) is 3.92. The highest BCUT2D eigenvalue weighted by molar-refractivity contribution is 4.92. The van der Waals surface area contributed by atoms with E-state index in [1.807, 2.05) is 6.20 Å². The molecular formula is C17H33N3. The highest BCUT2D eigenvalue weighted by Crippen LogP contribution is 2.11. The lowest BCUT2D eigenvalue weighted by atomic mass is 10.1. The molecule has 0 radical (unpaired) electrons. The van der Waals surface area contributed by atoms with E-state index in [4.69, 9.17) is 5.73 Å². The highest BCUT2D eigenvalue weighted by atomic mass is 15.1. The van der Waals surface area contributed by atoms with E-state index in [-0.39, 0.29) is 0 Å². The molecule has 20 heavy (non-hydrogen) atoms. The number of aromatic nitrogens is 2. The predicted octanol–water partition coefficient (Wildman–Crippen LogP) is 4.31. The van der Waals surface area contributed by atoms with Crippen molar-refractivity contribution >= 4 is 0 Å². The first-order valence-corrected chi connectivity index (χ1v) is 8.58. The highest BCUT2D eigenvalue weighted by Gasteiger charge is 2.00. The van der Waals surface area contributed by atoms with E-state index in [0.717, 1.165) is 18.8 Å². The summed E-state index contributed by atoms with van der Waals surface area (Å²) in [6.45, 7) is 4.07.